The lowest BCUT2D eigenvalue weighted by molar-refractivity contribution is -0.141. The molecule has 98 valence electrons. The number of H-pyrrole nitrogens is 1. The largest absolute Gasteiger partial charge is 0.481 e. The van der Waals surface area contributed by atoms with E-state index in [-0.39, 0.29) is 24.0 Å². The van der Waals surface area contributed by atoms with E-state index in [1.54, 1.807) is 5.38 Å². The lowest BCUT2D eigenvalue weighted by Gasteiger charge is -2.16. The van der Waals surface area contributed by atoms with Gasteiger partial charge in [-0.15, -0.1) is 0 Å². The highest BCUT2D eigenvalue weighted by Crippen LogP contribution is 2.16. The Morgan fingerprint density at radius 1 is 1.61 bits per heavy atom. The first kappa shape index (κ1) is 12.6. The second kappa shape index (κ2) is 5.21. The summed E-state index contributed by atoms with van der Waals surface area (Å²) >= 11 is 1.04. The SMILES string of the molecule is O=C(O)C1CCN(C(=O)NCc2csc(=O)[nH]2)C1. The summed E-state index contributed by atoms with van der Waals surface area (Å²) in [5.41, 5.74) is 0.646. The number of thiazole rings is 1. The quantitative estimate of drug-likeness (QED) is 0.723. The third kappa shape index (κ3) is 2.89. The van der Waals surface area contributed by atoms with Crippen LogP contribution in [0.4, 0.5) is 4.79 Å². The monoisotopic (exact) mass is 271 g/mol. The Morgan fingerprint density at radius 2 is 2.39 bits per heavy atom. The van der Waals surface area contributed by atoms with Crippen LogP contribution in [0.5, 0.6) is 0 Å². The Morgan fingerprint density at radius 3 is 2.94 bits per heavy atom. The van der Waals surface area contributed by atoms with E-state index >= 15 is 0 Å². The van der Waals surface area contributed by atoms with Crippen molar-refractivity contribution in [2.24, 2.45) is 5.92 Å². The summed E-state index contributed by atoms with van der Waals surface area (Å²) in [7, 11) is 0. The molecule has 3 N–H and O–H groups in total. The number of nitrogens with zero attached hydrogens (tertiary/aromatic N) is 1. The first-order valence-electron chi connectivity index (χ1n) is 5.48. The molecule has 1 aliphatic rings. The summed E-state index contributed by atoms with van der Waals surface area (Å²) in [4.78, 5) is 37.3. The normalized spacial score (nSPS) is 18.9. The number of hydrogen-bond donors (Lipinski definition) is 3. The number of aliphatic carboxylic acids is 1. The van der Waals surface area contributed by atoms with E-state index in [1.807, 2.05) is 0 Å². The highest BCUT2D eigenvalue weighted by Gasteiger charge is 2.30. The molecule has 1 fully saturated rings. The van der Waals surface area contributed by atoms with Crippen LogP contribution in [0.3, 0.4) is 0 Å². The summed E-state index contributed by atoms with van der Waals surface area (Å²) < 4.78 is 0. The van der Waals surface area contributed by atoms with Gasteiger partial charge in [0.2, 0.25) is 0 Å². The summed E-state index contributed by atoms with van der Waals surface area (Å²) in [5, 5.41) is 13.1. The second-order valence-corrected chi connectivity index (χ2v) is 4.94. The minimum Gasteiger partial charge on any atom is -0.481 e. The highest BCUT2D eigenvalue weighted by atomic mass is 32.1. The topological polar surface area (TPSA) is 102 Å². The van der Waals surface area contributed by atoms with Crippen LogP contribution in [0.25, 0.3) is 0 Å². The van der Waals surface area contributed by atoms with Gasteiger partial charge in [-0.1, -0.05) is 11.3 Å². The molecule has 0 saturated carbocycles. The van der Waals surface area contributed by atoms with Crippen LogP contribution in [-0.4, -0.2) is 40.1 Å². The third-order valence-corrected chi connectivity index (χ3v) is 3.54. The van der Waals surface area contributed by atoms with Crippen molar-refractivity contribution < 1.29 is 14.7 Å². The number of carboxylic acids is 1. The zero-order valence-electron chi connectivity index (χ0n) is 9.51. The van der Waals surface area contributed by atoms with Gasteiger partial charge >= 0.3 is 16.9 Å². The van der Waals surface area contributed by atoms with Crippen molar-refractivity contribution in [2.45, 2.75) is 13.0 Å². The van der Waals surface area contributed by atoms with Crippen molar-refractivity contribution >= 4 is 23.3 Å². The van der Waals surface area contributed by atoms with Crippen LogP contribution < -0.4 is 10.2 Å². The first-order valence-corrected chi connectivity index (χ1v) is 6.36. The van der Waals surface area contributed by atoms with E-state index in [4.69, 9.17) is 5.11 Å². The van der Waals surface area contributed by atoms with Crippen LogP contribution in [-0.2, 0) is 11.3 Å². The van der Waals surface area contributed by atoms with Crippen molar-refractivity contribution in [3.8, 4) is 0 Å². The number of hydrogen-bond acceptors (Lipinski definition) is 4. The van der Waals surface area contributed by atoms with Crippen molar-refractivity contribution in [2.75, 3.05) is 13.1 Å². The standard InChI is InChI=1S/C10H13N3O4S/c14-8(15)6-1-2-13(4-6)9(16)11-3-7-5-18-10(17)12-7/h5-6H,1-4H2,(H,11,16)(H,12,17)(H,14,15). The number of carbonyl (C=O) groups excluding carboxylic acids is 1. The minimum atomic E-state index is -0.868. The molecule has 1 aromatic heterocycles. The van der Waals surface area contributed by atoms with Crippen LogP contribution >= 0.6 is 11.3 Å². The van der Waals surface area contributed by atoms with Gasteiger partial charge in [-0.25, -0.2) is 4.79 Å². The Hall–Kier alpha value is -1.83. The molecular weight excluding hydrogens is 258 g/mol. The molecular formula is C10H13N3O4S. The zero-order chi connectivity index (χ0) is 13.1. The molecule has 18 heavy (non-hydrogen) atoms. The van der Waals surface area contributed by atoms with E-state index in [0.717, 1.165) is 11.3 Å². The zero-order valence-corrected chi connectivity index (χ0v) is 10.3. The lowest BCUT2D eigenvalue weighted by Crippen LogP contribution is -2.38. The maximum Gasteiger partial charge on any atom is 0.317 e. The number of carboxylic acid groups (broad SMARTS) is 1. The van der Waals surface area contributed by atoms with Crippen molar-refractivity contribution in [1.82, 2.24) is 15.2 Å². The molecule has 7 nitrogen and oxygen atoms in total. The van der Waals surface area contributed by atoms with Gasteiger partial charge in [0, 0.05) is 24.2 Å². The number of aromatic amines is 1. The van der Waals surface area contributed by atoms with Gasteiger partial charge in [0.25, 0.3) is 0 Å². The van der Waals surface area contributed by atoms with Gasteiger partial charge in [-0.05, 0) is 6.42 Å². The number of carbonyl (C=O) groups is 2. The smallest absolute Gasteiger partial charge is 0.317 e. The maximum atomic E-state index is 11.7. The fraction of sp³-hybridized carbons (Fsp3) is 0.500. The molecule has 2 amide bonds. The second-order valence-electron chi connectivity index (χ2n) is 4.10. The summed E-state index contributed by atoms with van der Waals surface area (Å²) in [6.07, 6.45) is 0.484. The van der Waals surface area contributed by atoms with E-state index in [1.165, 1.54) is 4.90 Å². The van der Waals surface area contributed by atoms with Crippen LogP contribution in [0.15, 0.2) is 10.2 Å². The fourth-order valence-corrected chi connectivity index (χ4v) is 2.41. The summed E-state index contributed by atoms with van der Waals surface area (Å²) in [6, 6.07) is -0.300. The van der Waals surface area contributed by atoms with E-state index in [0.29, 0.717) is 18.7 Å². The molecule has 0 radical (unpaired) electrons. The Bertz CT molecular complexity index is 509. The maximum absolute atomic E-state index is 11.7. The molecule has 2 rings (SSSR count). The van der Waals surface area contributed by atoms with Gasteiger partial charge in [0.15, 0.2) is 0 Å². The van der Waals surface area contributed by atoms with E-state index < -0.39 is 11.9 Å². The molecule has 2 heterocycles. The Labute approximate surface area is 106 Å². The number of nitrogens with one attached hydrogen (secondary N) is 2. The summed E-state index contributed by atoms with van der Waals surface area (Å²) in [6.45, 7) is 0.927. The summed E-state index contributed by atoms with van der Waals surface area (Å²) in [5.74, 6) is -1.34. The molecule has 1 atom stereocenters. The van der Waals surface area contributed by atoms with Gasteiger partial charge in [0.05, 0.1) is 12.5 Å². The van der Waals surface area contributed by atoms with Gasteiger partial charge in [0.1, 0.15) is 0 Å². The molecule has 1 aliphatic heterocycles. The molecule has 0 bridgehead atoms. The van der Waals surface area contributed by atoms with E-state index in [2.05, 4.69) is 10.3 Å². The van der Waals surface area contributed by atoms with Crippen LogP contribution in [0.1, 0.15) is 12.1 Å². The molecule has 0 aliphatic carbocycles. The molecule has 8 heteroatoms. The number of likely N-dealkylation sites (tertiary alicyclic amines) is 1. The van der Waals surface area contributed by atoms with Crippen molar-refractivity contribution in [1.29, 1.82) is 0 Å². The number of urea groups is 1. The average Bonchev–Trinajstić information content (AvgIpc) is 2.94. The third-order valence-electron chi connectivity index (χ3n) is 2.83. The van der Waals surface area contributed by atoms with Gasteiger partial charge in [-0.3, -0.25) is 9.59 Å². The first-order chi connectivity index (χ1) is 8.56. The Balaban J connectivity index is 1.82. The lowest BCUT2D eigenvalue weighted by atomic mass is 10.1. The number of amides is 2. The fourth-order valence-electron chi connectivity index (χ4n) is 1.83. The Kier molecular flexibility index (Phi) is 3.66. The molecule has 1 unspecified atom stereocenters. The number of rotatable bonds is 3. The van der Waals surface area contributed by atoms with Gasteiger partial charge < -0.3 is 20.3 Å². The van der Waals surface area contributed by atoms with Crippen LogP contribution in [0, 0.1) is 5.92 Å². The predicted octanol–water partition coefficient (Wildman–Crippen LogP) is 0.0525. The van der Waals surface area contributed by atoms with Gasteiger partial charge in [-0.2, -0.15) is 0 Å². The molecule has 0 spiro atoms. The van der Waals surface area contributed by atoms with Crippen molar-refractivity contribution in [3.63, 3.8) is 0 Å². The van der Waals surface area contributed by atoms with E-state index in [9.17, 15) is 14.4 Å². The molecule has 1 saturated heterocycles. The highest BCUT2D eigenvalue weighted by molar-refractivity contribution is 7.07. The van der Waals surface area contributed by atoms with Crippen LogP contribution in [0.2, 0.25) is 0 Å². The average molecular weight is 271 g/mol. The molecule has 1 aromatic rings. The predicted molar refractivity (Wildman–Crippen MR) is 64.5 cm³/mol. The minimum absolute atomic E-state index is 0.161. The van der Waals surface area contributed by atoms with Crippen molar-refractivity contribution in [3.05, 3.63) is 20.7 Å². The molecule has 0 aromatic carbocycles. The number of aromatic nitrogens is 1.